The summed E-state index contributed by atoms with van der Waals surface area (Å²) in [5.74, 6) is 0.333. The Morgan fingerprint density at radius 1 is 1.00 bits per heavy atom. The first-order valence-electron chi connectivity index (χ1n) is 9.64. The lowest BCUT2D eigenvalue weighted by atomic mass is 10.1. The number of hydrogen-bond acceptors (Lipinski definition) is 1. The number of aryl methyl sites for hydroxylation is 1. The van der Waals surface area contributed by atoms with Crippen LogP contribution >= 0.6 is 11.6 Å². The van der Waals surface area contributed by atoms with Crippen LogP contribution in [0.5, 0.6) is 0 Å². The molecular formula is C24H27ClN2O. The molecule has 146 valence electrons. The number of rotatable bonds is 5. The quantitative estimate of drug-likeness (QED) is 0.550. The van der Waals surface area contributed by atoms with Crippen molar-refractivity contribution >= 4 is 17.5 Å². The number of halogens is 1. The summed E-state index contributed by atoms with van der Waals surface area (Å²) in [6.07, 6.45) is 0. The van der Waals surface area contributed by atoms with Crippen LogP contribution < -0.4 is 5.32 Å². The standard InChI is InChI=1S/C24H27ClN2O/c1-15(2)17(4)26-24(28)21-14-23(19-10-12-20(25)13-11-19)27(18(21)5)22-9-7-6-8-16(22)3/h6-15,17H,1-5H3,(H,26,28)/t17-/m0/s1. The van der Waals surface area contributed by atoms with E-state index in [9.17, 15) is 4.79 Å². The van der Waals surface area contributed by atoms with E-state index >= 15 is 0 Å². The van der Waals surface area contributed by atoms with E-state index in [-0.39, 0.29) is 11.9 Å². The molecule has 0 saturated heterocycles. The first kappa shape index (κ1) is 20.2. The fraction of sp³-hybridized carbons (Fsp3) is 0.292. The Morgan fingerprint density at radius 2 is 1.64 bits per heavy atom. The molecule has 3 aromatic rings. The SMILES string of the molecule is Cc1ccccc1-n1c(-c2ccc(Cl)cc2)cc(C(=O)N[C@@H](C)C(C)C)c1C. The number of amides is 1. The Morgan fingerprint density at radius 3 is 2.25 bits per heavy atom. The summed E-state index contributed by atoms with van der Waals surface area (Å²) in [5.41, 5.74) is 5.84. The first-order valence-corrected chi connectivity index (χ1v) is 10.0. The van der Waals surface area contributed by atoms with Gasteiger partial charge < -0.3 is 9.88 Å². The molecule has 0 spiro atoms. The number of carbonyl (C=O) groups is 1. The molecule has 1 N–H and O–H groups in total. The van der Waals surface area contributed by atoms with Crippen molar-refractivity contribution in [1.29, 1.82) is 0 Å². The van der Waals surface area contributed by atoms with Crippen molar-refractivity contribution in [1.82, 2.24) is 9.88 Å². The van der Waals surface area contributed by atoms with Crippen LogP contribution in [0.15, 0.2) is 54.6 Å². The number of para-hydroxylation sites is 1. The molecule has 3 rings (SSSR count). The molecule has 2 aromatic carbocycles. The van der Waals surface area contributed by atoms with Gasteiger partial charge in [0.25, 0.3) is 5.91 Å². The van der Waals surface area contributed by atoms with Crippen LogP contribution in [-0.2, 0) is 0 Å². The summed E-state index contributed by atoms with van der Waals surface area (Å²) in [6.45, 7) is 10.3. The predicted octanol–water partition coefficient (Wildman–Crippen LogP) is 6.19. The average Bonchev–Trinajstić information content (AvgIpc) is 3.00. The van der Waals surface area contributed by atoms with Gasteiger partial charge in [-0.15, -0.1) is 0 Å². The van der Waals surface area contributed by atoms with Crippen molar-refractivity contribution in [3.05, 3.63) is 76.4 Å². The van der Waals surface area contributed by atoms with Gasteiger partial charge in [-0.05, 0) is 62.1 Å². The zero-order valence-electron chi connectivity index (χ0n) is 17.1. The number of aromatic nitrogens is 1. The molecule has 0 aliphatic heterocycles. The van der Waals surface area contributed by atoms with E-state index in [4.69, 9.17) is 11.6 Å². The van der Waals surface area contributed by atoms with Crippen molar-refractivity contribution in [3.63, 3.8) is 0 Å². The van der Waals surface area contributed by atoms with E-state index in [2.05, 4.69) is 42.8 Å². The van der Waals surface area contributed by atoms with Crippen LogP contribution in [0, 0.1) is 19.8 Å². The second-order valence-electron chi connectivity index (χ2n) is 7.66. The number of hydrogen-bond donors (Lipinski definition) is 1. The third-order valence-electron chi connectivity index (χ3n) is 5.35. The molecule has 1 amide bonds. The maximum absolute atomic E-state index is 13.0. The van der Waals surface area contributed by atoms with Crippen LogP contribution in [0.2, 0.25) is 5.02 Å². The smallest absolute Gasteiger partial charge is 0.253 e. The highest BCUT2D eigenvalue weighted by molar-refractivity contribution is 6.30. The zero-order valence-corrected chi connectivity index (χ0v) is 17.8. The molecule has 1 aromatic heterocycles. The largest absolute Gasteiger partial charge is 0.349 e. The van der Waals surface area contributed by atoms with Gasteiger partial charge in [-0.3, -0.25) is 4.79 Å². The number of nitrogens with one attached hydrogen (secondary N) is 1. The Bertz CT molecular complexity index is 986. The van der Waals surface area contributed by atoms with Gasteiger partial charge >= 0.3 is 0 Å². The van der Waals surface area contributed by atoms with Crippen molar-refractivity contribution in [2.75, 3.05) is 0 Å². The van der Waals surface area contributed by atoms with Crippen LogP contribution in [0.25, 0.3) is 16.9 Å². The number of carbonyl (C=O) groups excluding carboxylic acids is 1. The molecule has 1 atom stereocenters. The van der Waals surface area contributed by atoms with Gasteiger partial charge in [0, 0.05) is 22.4 Å². The van der Waals surface area contributed by atoms with E-state index < -0.39 is 0 Å². The Kier molecular flexibility index (Phi) is 5.95. The maximum atomic E-state index is 13.0. The Hall–Kier alpha value is -2.52. The van der Waals surface area contributed by atoms with E-state index in [0.29, 0.717) is 16.5 Å². The van der Waals surface area contributed by atoms with Crippen molar-refractivity contribution in [2.45, 2.75) is 40.7 Å². The second kappa shape index (κ2) is 8.24. The Balaban J connectivity index is 2.16. The minimum absolute atomic E-state index is 0.0405. The zero-order chi connectivity index (χ0) is 20.4. The lowest BCUT2D eigenvalue weighted by molar-refractivity contribution is 0.0930. The van der Waals surface area contributed by atoms with E-state index in [1.165, 1.54) is 0 Å². The van der Waals surface area contributed by atoms with Gasteiger partial charge in [-0.25, -0.2) is 0 Å². The van der Waals surface area contributed by atoms with E-state index in [0.717, 1.165) is 28.2 Å². The van der Waals surface area contributed by atoms with E-state index in [1.54, 1.807) is 0 Å². The fourth-order valence-electron chi connectivity index (χ4n) is 3.25. The lowest BCUT2D eigenvalue weighted by Crippen LogP contribution is -2.36. The minimum Gasteiger partial charge on any atom is -0.349 e. The van der Waals surface area contributed by atoms with Crippen LogP contribution in [0.4, 0.5) is 0 Å². The minimum atomic E-state index is -0.0405. The summed E-state index contributed by atoms with van der Waals surface area (Å²) in [5, 5.41) is 3.82. The van der Waals surface area contributed by atoms with Crippen LogP contribution in [0.1, 0.15) is 42.4 Å². The van der Waals surface area contributed by atoms with Gasteiger partial charge in [-0.1, -0.05) is 55.8 Å². The monoisotopic (exact) mass is 394 g/mol. The number of benzene rings is 2. The molecule has 0 saturated carbocycles. The molecule has 3 nitrogen and oxygen atoms in total. The summed E-state index contributed by atoms with van der Waals surface area (Å²) in [7, 11) is 0. The summed E-state index contributed by atoms with van der Waals surface area (Å²) in [4.78, 5) is 13.0. The molecule has 0 unspecified atom stereocenters. The molecule has 4 heteroatoms. The van der Waals surface area contributed by atoms with Gasteiger partial charge in [0.2, 0.25) is 0 Å². The van der Waals surface area contributed by atoms with E-state index in [1.807, 2.05) is 56.3 Å². The molecular weight excluding hydrogens is 368 g/mol. The molecule has 0 aliphatic carbocycles. The fourth-order valence-corrected chi connectivity index (χ4v) is 3.37. The van der Waals surface area contributed by atoms with Gasteiger partial charge in [0.05, 0.1) is 11.3 Å². The topological polar surface area (TPSA) is 34.0 Å². The van der Waals surface area contributed by atoms with Crippen LogP contribution in [0.3, 0.4) is 0 Å². The maximum Gasteiger partial charge on any atom is 0.253 e. The highest BCUT2D eigenvalue weighted by Gasteiger charge is 2.22. The average molecular weight is 395 g/mol. The summed E-state index contributed by atoms with van der Waals surface area (Å²) in [6, 6.07) is 18.0. The third kappa shape index (κ3) is 4.00. The highest BCUT2D eigenvalue weighted by atomic mass is 35.5. The number of nitrogens with zero attached hydrogens (tertiary/aromatic N) is 1. The second-order valence-corrected chi connectivity index (χ2v) is 8.10. The molecule has 0 bridgehead atoms. The van der Waals surface area contributed by atoms with Crippen molar-refractivity contribution < 1.29 is 4.79 Å². The molecule has 28 heavy (non-hydrogen) atoms. The normalized spacial score (nSPS) is 12.2. The Labute approximate surface area is 172 Å². The predicted molar refractivity (Wildman–Crippen MR) is 117 cm³/mol. The molecule has 0 fully saturated rings. The van der Waals surface area contributed by atoms with Crippen molar-refractivity contribution in [2.24, 2.45) is 5.92 Å². The van der Waals surface area contributed by atoms with Crippen LogP contribution in [-0.4, -0.2) is 16.5 Å². The van der Waals surface area contributed by atoms with Gasteiger partial charge in [0.1, 0.15) is 0 Å². The molecule has 1 heterocycles. The first-order chi connectivity index (χ1) is 13.3. The summed E-state index contributed by atoms with van der Waals surface area (Å²) >= 11 is 6.08. The highest BCUT2D eigenvalue weighted by Crippen LogP contribution is 2.31. The van der Waals surface area contributed by atoms with Gasteiger partial charge in [-0.2, -0.15) is 0 Å². The molecule has 0 aliphatic rings. The lowest BCUT2D eigenvalue weighted by Gasteiger charge is -2.18. The van der Waals surface area contributed by atoms with Crippen molar-refractivity contribution in [3.8, 4) is 16.9 Å². The summed E-state index contributed by atoms with van der Waals surface area (Å²) < 4.78 is 2.16. The third-order valence-corrected chi connectivity index (χ3v) is 5.60. The molecule has 0 radical (unpaired) electrons. The van der Waals surface area contributed by atoms with Gasteiger partial charge in [0.15, 0.2) is 0 Å².